The lowest BCUT2D eigenvalue weighted by Crippen LogP contribution is -2.28. The van der Waals surface area contributed by atoms with Gasteiger partial charge in [0.1, 0.15) is 0 Å². The highest BCUT2D eigenvalue weighted by Crippen LogP contribution is 2.65. The Morgan fingerprint density at radius 2 is 0.968 bits per heavy atom. The molecule has 0 amide bonds. The molecule has 0 saturated carbocycles. The average Bonchev–Trinajstić information content (AvgIpc) is 3.80. The van der Waals surface area contributed by atoms with E-state index in [1.165, 1.54) is 50.1 Å². The van der Waals surface area contributed by atoms with E-state index in [1.54, 1.807) is 0 Å². The Hall–Kier alpha value is -7.75. The summed E-state index contributed by atoms with van der Waals surface area (Å²) < 4.78 is 0. The average molecular weight is 794 g/mol. The number of hydrogen-bond donors (Lipinski definition) is 0. The molecule has 3 heteroatoms. The fourth-order valence-electron chi connectivity index (χ4n) is 9.95. The molecule has 0 saturated heterocycles. The largest absolute Gasteiger partial charge is 0.208 e. The number of fused-ring (bicyclic) bond motifs is 7. The zero-order valence-corrected chi connectivity index (χ0v) is 34.7. The van der Waals surface area contributed by atoms with Crippen LogP contribution in [0.4, 0.5) is 0 Å². The number of nitrogens with zero attached hydrogens (tertiary/aromatic N) is 3. The van der Waals surface area contributed by atoms with Gasteiger partial charge in [-0.05, 0) is 91.3 Å². The fraction of sp³-hybridized carbons (Fsp3) is 0.0678. The van der Waals surface area contributed by atoms with Gasteiger partial charge >= 0.3 is 0 Å². The van der Waals surface area contributed by atoms with Crippen molar-refractivity contribution in [2.75, 3.05) is 0 Å². The first kappa shape index (κ1) is 37.3. The minimum absolute atomic E-state index is 0.168. The maximum Gasteiger partial charge on any atom is 0.164 e. The van der Waals surface area contributed by atoms with Crippen LogP contribution in [0.15, 0.2) is 230 Å². The van der Waals surface area contributed by atoms with Crippen molar-refractivity contribution in [2.45, 2.75) is 19.3 Å². The molecule has 0 aliphatic heterocycles. The summed E-state index contributed by atoms with van der Waals surface area (Å²) in [5.74, 6) is 2.08. The van der Waals surface area contributed by atoms with Crippen molar-refractivity contribution in [3.8, 4) is 56.4 Å². The second-order valence-corrected chi connectivity index (χ2v) is 16.2. The molecule has 0 fully saturated rings. The van der Waals surface area contributed by atoms with Crippen molar-refractivity contribution in [3.63, 3.8) is 0 Å². The Morgan fingerprint density at radius 3 is 1.63 bits per heavy atom. The van der Waals surface area contributed by atoms with E-state index in [0.29, 0.717) is 17.5 Å². The van der Waals surface area contributed by atoms with E-state index in [-0.39, 0.29) is 5.92 Å². The molecule has 1 unspecified atom stereocenters. The number of aromatic nitrogens is 3. The maximum atomic E-state index is 5.23. The summed E-state index contributed by atoms with van der Waals surface area (Å²) in [5.41, 5.74) is 18.7. The van der Waals surface area contributed by atoms with Crippen molar-refractivity contribution in [1.29, 1.82) is 0 Å². The van der Waals surface area contributed by atoms with Crippen molar-refractivity contribution in [1.82, 2.24) is 15.0 Å². The standard InChI is InChI=1S/C59H43N3/c1-3-4-26-49-48-30-15-18-34-54(48)59(52-32-16-13-28-46(52)47-29-14-17-33-53(47)59)55(49)51-38-43(36-35-39(51)2)42-24-19-25-44(37-42)57-60-56(41-22-9-6-10-23-41)61-58(62-57)50-31-12-11-27-45(50)40-20-7-5-8-21-40/h3-39H,1-2H3/b4-3-,49-26+,55-51-. The SMILES string of the molecule is C\C=C/C=C1/C(=C2\C=C(c3cccc(-c4nc(-c5ccccc5)nc(-c5ccccc5-c5ccccc5)n4)c3)C=CC2C)C2(c3ccccc31)c1ccccc1-c1ccccc12. The van der Waals surface area contributed by atoms with Crippen LogP contribution in [0.5, 0.6) is 0 Å². The Balaban J connectivity index is 1.11. The van der Waals surface area contributed by atoms with Gasteiger partial charge in [-0.25, -0.2) is 15.0 Å². The summed E-state index contributed by atoms with van der Waals surface area (Å²) in [6.45, 7) is 4.43. The predicted molar refractivity (Wildman–Crippen MR) is 256 cm³/mol. The molecule has 62 heavy (non-hydrogen) atoms. The van der Waals surface area contributed by atoms with Crippen LogP contribution < -0.4 is 0 Å². The topological polar surface area (TPSA) is 38.7 Å². The van der Waals surface area contributed by atoms with E-state index in [1.807, 2.05) is 24.3 Å². The lowest BCUT2D eigenvalue weighted by molar-refractivity contribution is 0.758. The van der Waals surface area contributed by atoms with Crippen LogP contribution in [0, 0.1) is 5.92 Å². The van der Waals surface area contributed by atoms with Gasteiger partial charge in [-0.3, -0.25) is 0 Å². The van der Waals surface area contributed by atoms with E-state index < -0.39 is 5.41 Å². The van der Waals surface area contributed by atoms with Gasteiger partial charge in [0.2, 0.25) is 0 Å². The molecule has 8 aromatic rings. The molecule has 11 rings (SSSR count). The summed E-state index contributed by atoms with van der Waals surface area (Å²) in [7, 11) is 0. The molecule has 294 valence electrons. The molecule has 1 aromatic heterocycles. The van der Waals surface area contributed by atoms with Gasteiger partial charge in [0.05, 0.1) is 5.41 Å². The summed E-state index contributed by atoms with van der Waals surface area (Å²) in [6, 6.07) is 64.8. The van der Waals surface area contributed by atoms with Gasteiger partial charge in [-0.1, -0.05) is 219 Å². The molecule has 1 spiro atoms. The van der Waals surface area contributed by atoms with Gasteiger partial charge in [0.15, 0.2) is 17.5 Å². The van der Waals surface area contributed by atoms with Gasteiger partial charge in [-0.2, -0.15) is 0 Å². The first-order valence-corrected chi connectivity index (χ1v) is 21.5. The molecule has 3 aliphatic carbocycles. The zero-order chi connectivity index (χ0) is 41.6. The molecular weight excluding hydrogens is 751 g/mol. The zero-order valence-electron chi connectivity index (χ0n) is 34.7. The third kappa shape index (κ3) is 6.00. The first-order chi connectivity index (χ1) is 30.6. The summed E-state index contributed by atoms with van der Waals surface area (Å²) in [6.07, 6.45) is 13.8. The number of rotatable bonds is 6. The molecule has 0 N–H and O–H groups in total. The highest BCUT2D eigenvalue weighted by molar-refractivity contribution is 6.02. The first-order valence-electron chi connectivity index (χ1n) is 21.5. The van der Waals surface area contributed by atoms with Gasteiger partial charge in [0, 0.05) is 16.7 Å². The van der Waals surface area contributed by atoms with Gasteiger partial charge < -0.3 is 0 Å². The second-order valence-electron chi connectivity index (χ2n) is 16.2. The Kier molecular flexibility index (Phi) is 9.24. The minimum Gasteiger partial charge on any atom is -0.208 e. The van der Waals surface area contributed by atoms with Crippen molar-refractivity contribution < 1.29 is 0 Å². The molecular formula is C59H43N3. The van der Waals surface area contributed by atoms with Crippen LogP contribution in [-0.4, -0.2) is 15.0 Å². The van der Waals surface area contributed by atoms with Crippen LogP contribution in [-0.2, 0) is 5.41 Å². The smallest absolute Gasteiger partial charge is 0.164 e. The molecule has 7 aromatic carbocycles. The Labute approximate surface area is 363 Å². The number of allylic oxidation sites excluding steroid dienone is 10. The summed E-state index contributed by atoms with van der Waals surface area (Å²) in [4.78, 5) is 15.5. The molecule has 3 aliphatic rings. The predicted octanol–water partition coefficient (Wildman–Crippen LogP) is 14.4. The van der Waals surface area contributed by atoms with Crippen LogP contribution in [0.25, 0.3) is 67.6 Å². The Morgan fingerprint density at radius 1 is 0.468 bits per heavy atom. The maximum absolute atomic E-state index is 5.23. The normalized spacial score (nSPS) is 17.6. The van der Waals surface area contributed by atoms with Crippen LogP contribution >= 0.6 is 0 Å². The molecule has 1 atom stereocenters. The van der Waals surface area contributed by atoms with E-state index in [9.17, 15) is 0 Å². The molecule has 0 bridgehead atoms. The lowest BCUT2D eigenvalue weighted by atomic mass is 9.67. The van der Waals surface area contributed by atoms with E-state index in [0.717, 1.165) is 39.0 Å². The summed E-state index contributed by atoms with van der Waals surface area (Å²) in [5, 5.41) is 0. The van der Waals surface area contributed by atoms with Crippen LogP contribution in [0.1, 0.15) is 41.7 Å². The monoisotopic (exact) mass is 793 g/mol. The van der Waals surface area contributed by atoms with Gasteiger partial charge in [-0.15, -0.1) is 0 Å². The van der Waals surface area contributed by atoms with Crippen LogP contribution in [0.2, 0.25) is 0 Å². The molecule has 3 nitrogen and oxygen atoms in total. The minimum atomic E-state index is -0.472. The fourth-order valence-corrected chi connectivity index (χ4v) is 9.95. The Bertz CT molecular complexity index is 3150. The van der Waals surface area contributed by atoms with Crippen LogP contribution in [0.3, 0.4) is 0 Å². The highest BCUT2D eigenvalue weighted by atomic mass is 15.0. The van der Waals surface area contributed by atoms with Crippen molar-refractivity contribution in [2.24, 2.45) is 5.92 Å². The summed E-state index contributed by atoms with van der Waals surface area (Å²) >= 11 is 0. The lowest BCUT2D eigenvalue weighted by Gasteiger charge is -2.34. The quantitative estimate of drug-likeness (QED) is 0.168. The second kappa shape index (κ2) is 15.4. The van der Waals surface area contributed by atoms with E-state index in [4.69, 9.17) is 15.0 Å². The van der Waals surface area contributed by atoms with E-state index in [2.05, 4.69) is 208 Å². The number of benzene rings is 7. The van der Waals surface area contributed by atoms with Gasteiger partial charge in [0.25, 0.3) is 0 Å². The third-order valence-corrected chi connectivity index (χ3v) is 12.7. The van der Waals surface area contributed by atoms with Crippen molar-refractivity contribution in [3.05, 3.63) is 257 Å². The highest BCUT2D eigenvalue weighted by Gasteiger charge is 2.54. The van der Waals surface area contributed by atoms with Crippen molar-refractivity contribution >= 4 is 11.1 Å². The van der Waals surface area contributed by atoms with E-state index >= 15 is 0 Å². The molecule has 1 heterocycles. The molecule has 0 radical (unpaired) electrons. The third-order valence-electron chi connectivity index (χ3n) is 12.7. The number of hydrogen-bond acceptors (Lipinski definition) is 3.